The summed E-state index contributed by atoms with van der Waals surface area (Å²) in [4.78, 5) is 16.4. The zero-order valence-corrected chi connectivity index (χ0v) is 10.4. The Kier molecular flexibility index (Phi) is 3.45. The minimum Gasteiger partial charge on any atom is -0.465 e. The Morgan fingerprint density at radius 2 is 2.12 bits per heavy atom. The third-order valence-electron chi connectivity index (χ3n) is 3.31. The molecule has 0 atom stereocenters. The molecule has 0 aromatic carbocycles. The highest BCUT2D eigenvalue weighted by atomic mass is 16.5. The van der Waals surface area contributed by atoms with E-state index in [1.165, 1.54) is 0 Å². The molecule has 0 spiro atoms. The minimum atomic E-state index is -0.699. The average Bonchev–Trinajstić information content (AvgIpc) is 2.77. The first-order chi connectivity index (χ1) is 8.19. The molecule has 0 saturated heterocycles. The lowest BCUT2D eigenvalue weighted by Gasteiger charge is -2.31. The van der Waals surface area contributed by atoms with Gasteiger partial charge in [-0.2, -0.15) is 4.98 Å². The van der Waals surface area contributed by atoms with Crippen molar-refractivity contribution in [1.82, 2.24) is 10.1 Å². The summed E-state index contributed by atoms with van der Waals surface area (Å²) in [6.07, 6.45) is 4.63. The molecule has 5 heteroatoms. The fraction of sp³-hybridized carbons (Fsp3) is 0.750. The Bertz CT molecular complexity index is 394. The van der Waals surface area contributed by atoms with Crippen molar-refractivity contribution in [3.63, 3.8) is 0 Å². The van der Waals surface area contributed by atoms with Crippen LogP contribution < -0.4 is 0 Å². The van der Waals surface area contributed by atoms with Crippen LogP contribution in [-0.2, 0) is 14.9 Å². The van der Waals surface area contributed by atoms with E-state index in [9.17, 15) is 4.79 Å². The standard InChI is InChI=1S/C12H18N2O3/c1-3-16-11(15)12(7-5-4-6-8-12)10-13-9(2)14-17-10/h3-8H2,1-2H3. The molecule has 94 valence electrons. The molecule has 0 bridgehead atoms. The predicted molar refractivity (Wildman–Crippen MR) is 60.4 cm³/mol. The number of aromatic nitrogens is 2. The molecular weight excluding hydrogens is 220 g/mol. The van der Waals surface area contributed by atoms with Crippen molar-refractivity contribution in [2.45, 2.75) is 51.4 Å². The summed E-state index contributed by atoms with van der Waals surface area (Å²) in [6.45, 7) is 3.95. The summed E-state index contributed by atoms with van der Waals surface area (Å²) in [5.41, 5.74) is -0.699. The van der Waals surface area contributed by atoms with Crippen molar-refractivity contribution in [1.29, 1.82) is 0 Å². The number of nitrogens with zero attached hydrogens (tertiary/aromatic N) is 2. The fourth-order valence-corrected chi connectivity index (χ4v) is 2.42. The van der Waals surface area contributed by atoms with E-state index >= 15 is 0 Å². The summed E-state index contributed by atoms with van der Waals surface area (Å²) in [5.74, 6) is 0.769. The minimum absolute atomic E-state index is 0.219. The number of aryl methyl sites for hydroxylation is 1. The van der Waals surface area contributed by atoms with Crippen molar-refractivity contribution in [2.75, 3.05) is 6.61 Å². The molecular formula is C12H18N2O3. The van der Waals surface area contributed by atoms with Gasteiger partial charge in [0.1, 0.15) is 5.41 Å². The molecule has 17 heavy (non-hydrogen) atoms. The molecule has 0 N–H and O–H groups in total. The van der Waals surface area contributed by atoms with Gasteiger partial charge in [-0.15, -0.1) is 0 Å². The predicted octanol–water partition coefficient (Wildman–Crippen LogP) is 2.14. The van der Waals surface area contributed by atoms with Gasteiger partial charge in [0.15, 0.2) is 5.82 Å². The van der Waals surface area contributed by atoms with Crippen LogP contribution in [0.4, 0.5) is 0 Å². The molecule has 1 aromatic heterocycles. The van der Waals surface area contributed by atoms with E-state index in [1.807, 2.05) is 6.92 Å². The van der Waals surface area contributed by atoms with Gasteiger partial charge in [-0.05, 0) is 26.7 Å². The Hall–Kier alpha value is -1.39. The third-order valence-corrected chi connectivity index (χ3v) is 3.31. The van der Waals surface area contributed by atoms with Crippen LogP contribution in [0.25, 0.3) is 0 Å². The first kappa shape index (κ1) is 12.1. The SMILES string of the molecule is CCOC(=O)C1(c2nc(C)no2)CCCCC1. The smallest absolute Gasteiger partial charge is 0.321 e. The van der Waals surface area contributed by atoms with Crippen molar-refractivity contribution in [3.8, 4) is 0 Å². The molecule has 1 saturated carbocycles. The molecule has 1 fully saturated rings. The Morgan fingerprint density at radius 3 is 2.65 bits per heavy atom. The van der Waals surface area contributed by atoms with Crippen LogP contribution in [0.1, 0.15) is 50.7 Å². The maximum absolute atomic E-state index is 12.2. The van der Waals surface area contributed by atoms with E-state index < -0.39 is 5.41 Å². The highest BCUT2D eigenvalue weighted by molar-refractivity contribution is 5.82. The van der Waals surface area contributed by atoms with Gasteiger partial charge in [-0.3, -0.25) is 4.79 Å². The van der Waals surface area contributed by atoms with Crippen LogP contribution in [0.15, 0.2) is 4.52 Å². The lowest BCUT2D eigenvalue weighted by Crippen LogP contribution is -2.39. The number of carbonyl (C=O) groups is 1. The quantitative estimate of drug-likeness (QED) is 0.755. The molecule has 1 heterocycles. The second-order valence-electron chi connectivity index (χ2n) is 4.51. The second-order valence-corrected chi connectivity index (χ2v) is 4.51. The summed E-state index contributed by atoms with van der Waals surface area (Å²) >= 11 is 0. The van der Waals surface area contributed by atoms with Crippen LogP contribution in [0.2, 0.25) is 0 Å². The van der Waals surface area contributed by atoms with E-state index in [2.05, 4.69) is 10.1 Å². The van der Waals surface area contributed by atoms with E-state index in [0.29, 0.717) is 18.3 Å². The van der Waals surface area contributed by atoms with E-state index in [1.54, 1.807) is 6.92 Å². The van der Waals surface area contributed by atoms with Crippen molar-refractivity contribution in [2.24, 2.45) is 0 Å². The van der Waals surface area contributed by atoms with Gasteiger partial charge in [0.05, 0.1) is 6.61 Å². The van der Waals surface area contributed by atoms with Crippen molar-refractivity contribution < 1.29 is 14.1 Å². The number of rotatable bonds is 3. The van der Waals surface area contributed by atoms with Gasteiger partial charge in [0.25, 0.3) is 0 Å². The van der Waals surface area contributed by atoms with Gasteiger partial charge in [0.2, 0.25) is 5.89 Å². The van der Waals surface area contributed by atoms with E-state index in [0.717, 1.165) is 32.1 Å². The highest BCUT2D eigenvalue weighted by Crippen LogP contribution is 2.39. The van der Waals surface area contributed by atoms with Crippen molar-refractivity contribution >= 4 is 5.97 Å². The van der Waals surface area contributed by atoms with Gasteiger partial charge in [-0.25, -0.2) is 0 Å². The van der Waals surface area contributed by atoms with Crippen LogP contribution in [0.3, 0.4) is 0 Å². The van der Waals surface area contributed by atoms with Gasteiger partial charge in [-0.1, -0.05) is 24.4 Å². The van der Waals surface area contributed by atoms with E-state index in [4.69, 9.17) is 9.26 Å². The topological polar surface area (TPSA) is 65.2 Å². The van der Waals surface area contributed by atoms with Crippen molar-refractivity contribution in [3.05, 3.63) is 11.7 Å². The summed E-state index contributed by atoms with van der Waals surface area (Å²) in [7, 11) is 0. The molecule has 0 aliphatic heterocycles. The Morgan fingerprint density at radius 1 is 1.41 bits per heavy atom. The normalized spacial score (nSPS) is 18.9. The van der Waals surface area contributed by atoms with Gasteiger partial charge >= 0.3 is 5.97 Å². The first-order valence-electron chi connectivity index (χ1n) is 6.17. The molecule has 1 aliphatic rings. The lowest BCUT2D eigenvalue weighted by molar-refractivity contribution is -0.152. The molecule has 0 radical (unpaired) electrons. The summed E-state index contributed by atoms with van der Waals surface area (Å²) < 4.78 is 10.4. The summed E-state index contributed by atoms with van der Waals surface area (Å²) in [5, 5.41) is 3.79. The zero-order valence-electron chi connectivity index (χ0n) is 10.4. The number of carbonyl (C=O) groups excluding carboxylic acids is 1. The average molecular weight is 238 g/mol. The number of esters is 1. The Balaban J connectivity index is 2.32. The molecule has 0 amide bonds. The summed E-state index contributed by atoms with van der Waals surface area (Å²) in [6, 6.07) is 0. The molecule has 1 aliphatic carbocycles. The second kappa shape index (κ2) is 4.85. The van der Waals surface area contributed by atoms with Gasteiger partial charge in [0, 0.05) is 0 Å². The van der Waals surface area contributed by atoms with E-state index in [-0.39, 0.29) is 5.97 Å². The molecule has 5 nitrogen and oxygen atoms in total. The molecule has 2 rings (SSSR count). The van der Waals surface area contributed by atoms with Crippen LogP contribution >= 0.6 is 0 Å². The molecule has 0 unspecified atom stereocenters. The fourth-order valence-electron chi connectivity index (χ4n) is 2.42. The Labute approximate surface area is 101 Å². The maximum atomic E-state index is 12.2. The maximum Gasteiger partial charge on any atom is 0.321 e. The van der Waals surface area contributed by atoms with Crippen LogP contribution in [-0.4, -0.2) is 22.7 Å². The van der Waals surface area contributed by atoms with Crippen LogP contribution in [0, 0.1) is 6.92 Å². The van der Waals surface area contributed by atoms with Gasteiger partial charge < -0.3 is 9.26 Å². The number of ether oxygens (including phenoxy) is 1. The largest absolute Gasteiger partial charge is 0.465 e. The monoisotopic (exact) mass is 238 g/mol. The highest BCUT2D eigenvalue weighted by Gasteiger charge is 2.47. The van der Waals surface area contributed by atoms with Crippen LogP contribution in [0.5, 0.6) is 0 Å². The zero-order chi connectivity index (χ0) is 12.3. The number of hydrogen-bond donors (Lipinski definition) is 0. The lowest BCUT2D eigenvalue weighted by atomic mass is 9.74. The first-order valence-corrected chi connectivity index (χ1v) is 6.17. The number of hydrogen-bond acceptors (Lipinski definition) is 5. The third kappa shape index (κ3) is 2.18. The molecule has 1 aromatic rings.